The number of halogens is 3. The number of rotatable bonds is 6. The SMILES string of the molecule is Cn1ncc2cc(C3(O)C(=O)N(CC4CCC(NC(=O)c5cc(Cl)cnc5C(F)F)CC4)c4ccccc43)ccc21. The predicted molar refractivity (Wildman–Crippen MR) is 150 cm³/mol. The standard InChI is InChI=1S/C30H28ClF2N5O3/c1-37-24-11-8-19(12-18(24)14-35-37)30(41)23-4-2-3-5-25(23)38(29(30)40)16-17-6-9-21(10-7-17)36-28(39)22-13-20(31)15-34-26(22)27(32)33/h2-5,8,11-15,17,21,27,41H,6-7,9-10,16H2,1H3,(H,36,39). The molecule has 1 aliphatic heterocycles. The van der Waals surface area contributed by atoms with E-state index in [1.165, 1.54) is 6.07 Å². The molecule has 1 saturated carbocycles. The van der Waals surface area contributed by atoms with Crippen molar-refractivity contribution in [2.24, 2.45) is 13.0 Å². The molecule has 2 amide bonds. The van der Waals surface area contributed by atoms with E-state index in [1.54, 1.807) is 27.9 Å². The molecule has 6 rings (SSSR count). The zero-order valence-electron chi connectivity index (χ0n) is 22.2. The third kappa shape index (κ3) is 4.74. The number of hydrogen-bond acceptors (Lipinski definition) is 5. The summed E-state index contributed by atoms with van der Waals surface area (Å²) in [5.41, 5.74) is -0.0375. The van der Waals surface area contributed by atoms with Crippen molar-refractivity contribution in [1.29, 1.82) is 0 Å². The van der Waals surface area contributed by atoms with Crippen molar-refractivity contribution in [1.82, 2.24) is 20.1 Å². The van der Waals surface area contributed by atoms with E-state index in [9.17, 15) is 23.5 Å². The van der Waals surface area contributed by atoms with Gasteiger partial charge < -0.3 is 15.3 Å². The van der Waals surface area contributed by atoms with Crippen LogP contribution >= 0.6 is 11.6 Å². The van der Waals surface area contributed by atoms with Crippen molar-refractivity contribution in [2.75, 3.05) is 11.4 Å². The fourth-order valence-corrected chi connectivity index (χ4v) is 6.26. The predicted octanol–water partition coefficient (Wildman–Crippen LogP) is 5.13. The molecule has 4 aromatic rings. The van der Waals surface area contributed by atoms with Crippen LogP contribution in [0.4, 0.5) is 14.5 Å². The molecule has 41 heavy (non-hydrogen) atoms. The minimum Gasteiger partial charge on any atom is -0.372 e. The third-order valence-corrected chi connectivity index (χ3v) is 8.47. The van der Waals surface area contributed by atoms with Gasteiger partial charge in [0.15, 0.2) is 5.60 Å². The number of carbonyl (C=O) groups excluding carboxylic acids is 2. The molecule has 11 heteroatoms. The van der Waals surface area contributed by atoms with Crippen molar-refractivity contribution in [3.05, 3.63) is 88.3 Å². The van der Waals surface area contributed by atoms with Gasteiger partial charge >= 0.3 is 0 Å². The number of nitrogens with one attached hydrogen (secondary N) is 1. The number of aliphatic hydroxyl groups is 1. The fraction of sp³-hybridized carbons (Fsp3) is 0.333. The first-order chi connectivity index (χ1) is 19.7. The Morgan fingerprint density at radius 2 is 1.90 bits per heavy atom. The Morgan fingerprint density at radius 3 is 2.66 bits per heavy atom. The Morgan fingerprint density at radius 1 is 1.15 bits per heavy atom. The van der Waals surface area contributed by atoms with E-state index in [0.29, 0.717) is 49.0 Å². The van der Waals surface area contributed by atoms with Crippen molar-refractivity contribution in [3.8, 4) is 0 Å². The number of carbonyl (C=O) groups is 2. The summed E-state index contributed by atoms with van der Waals surface area (Å²) >= 11 is 5.90. The monoisotopic (exact) mass is 579 g/mol. The molecule has 0 radical (unpaired) electrons. The Bertz CT molecular complexity index is 1650. The van der Waals surface area contributed by atoms with E-state index in [2.05, 4.69) is 15.4 Å². The fourth-order valence-electron chi connectivity index (χ4n) is 6.10. The molecular formula is C30H28ClF2N5O3. The highest BCUT2D eigenvalue weighted by Gasteiger charge is 2.51. The maximum Gasteiger partial charge on any atom is 0.281 e. The second-order valence-electron chi connectivity index (χ2n) is 10.8. The van der Waals surface area contributed by atoms with E-state index in [1.807, 2.05) is 37.4 Å². The van der Waals surface area contributed by atoms with Gasteiger partial charge in [0.1, 0.15) is 5.69 Å². The number of aromatic nitrogens is 3. The number of anilines is 1. The van der Waals surface area contributed by atoms with E-state index in [0.717, 1.165) is 17.1 Å². The summed E-state index contributed by atoms with van der Waals surface area (Å²) in [6.45, 7) is 0.418. The lowest BCUT2D eigenvalue weighted by molar-refractivity contribution is -0.132. The third-order valence-electron chi connectivity index (χ3n) is 8.26. The summed E-state index contributed by atoms with van der Waals surface area (Å²) in [5.74, 6) is -0.892. The van der Waals surface area contributed by atoms with Gasteiger partial charge in [-0.2, -0.15) is 5.10 Å². The Labute approximate surface area is 239 Å². The zero-order valence-corrected chi connectivity index (χ0v) is 23.0. The first kappa shape index (κ1) is 27.3. The second kappa shape index (κ2) is 10.5. The first-order valence-corrected chi connectivity index (χ1v) is 13.8. The Balaban J connectivity index is 1.16. The lowest BCUT2D eigenvalue weighted by Crippen LogP contribution is -2.44. The molecular weight excluding hydrogens is 552 g/mol. The number of amides is 2. The number of para-hydroxylation sites is 1. The number of aryl methyl sites for hydroxylation is 1. The molecule has 1 atom stereocenters. The van der Waals surface area contributed by atoms with Crippen LogP contribution in [0.25, 0.3) is 10.9 Å². The number of nitrogens with zero attached hydrogens (tertiary/aromatic N) is 4. The van der Waals surface area contributed by atoms with Gasteiger partial charge in [-0.1, -0.05) is 35.9 Å². The molecule has 2 aromatic carbocycles. The molecule has 8 nitrogen and oxygen atoms in total. The lowest BCUT2D eigenvalue weighted by Gasteiger charge is -2.32. The molecule has 0 bridgehead atoms. The average Bonchev–Trinajstić information content (AvgIpc) is 3.44. The molecule has 1 fully saturated rings. The summed E-state index contributed by atoms with van der Waals surface area (Å²) in [6, 6.07) is 13.7. The first-order valence-electron chi connectivity index (χ1n) is 13.5. The molecule has 2 N–H and O–H groups in total. The molecule has 0 saturated heterocycles. The minimum absolute atomic E-state index is 0.110. The molecule has 2 aliphatic rings. The van der Waals surface area contributed by atoms with Crippen LogP contribution in [0.3, 0.4) is 0 Å². The Hall–Kier alpha value is -3.89. The largest absolute Gasteiger partial charge is 0.372 e. The molecule has 1 aliphatic carbocycles. The van der Waals surface area contributed by atoms with Crippen molar-refractivity contribution >= 4 is 40.0 Å². The average molecular weight is 580 g/mol. The highest BCUT2D eigenvalue weighted by molar-refractivity contribution is 6.30. The van der Waals surface area contributed by atoms with E-state index in [4.69, 9.17) is 11.6 Å². The summed E-state index contributed by atoms with van der Waals surface area (Å²) in [7, 11) is 1.84. The highest BCUT2D eigenvalue weighted by Crippen LogP contribution is 2.45. The number of fused-ring (bicyclic) bond motifs is 2. The maximum absolute atomic E-state index is 13.9. The van der Waals surface area contributed by atoms with Crippen LogP contribution < -0.4 is 10.2 Å². The van der Waals surface area contributed by atoms with Crippen LogP contribution in [0, 0.1) is 5.92 Å². The van der Waals surface area contributed by atoms with Crippen LogP contribution in [0.5, 0.6) is 0 Å². The highest BCUT2D eigenvalue weighted by atomic mass is 35.5. The van der Waals surface area contributed by atoms with Gasteiger partial charge in [-0.15, -0.1) is 0 Å². The quantitative estimate of drug-likeness (QED) is 0.330. The molecule has 2 aromatic heterocycles. The molecule has 0 spiro atoms. The van der Waals surface area contributed by atoms with E-state index >= 15 is 0 Å². The molecule has 212 valence electrons. The smallest absolute Gasteiger partial charge is 0.281 e. The zero-order chi connectivity index (χ0) is 28.9. The molecule has 3 heterocycles. The van der Waals surface area contributed by atoms with Gasteiger partial charge in [-0.3, -0.25) is 19.3 Å². The van der Waals surface area contributed by atoms with Crippen molar-refractivity contribution in [2.45, 2.75) is 43.8 Å². The number of benzene rings is 2. The Kier molecular flexibility index (Phi) is 6.99. The van der Waals surface area contributed by atoms with Crippen molar-refractivity contribution < 1.29 is 23.5 Å². The van der Waals surface area contributed by atoms with Gasteiger partial charge in [0, 0.05) is 36.8 Å². The van der Waals surface area contributed by atoms with Gasteiger partial charge in [-0.05, 0) is 61.4 Å². The minimum atomic E-state index is -2.89. The number of alkyl halides is 2. The summed E-state index contributed by atoms with van der Waals surface area (Å²) in [4.78, 5) is 32.0. The van der Waals surface area contributed by atoms with E-state index < -0.39 is 29.5 Å². The van der Waals surface area contributed by atoms with Gasteiger partial charge in [0.05, 0.1) is 28.0 Å². The number of hydrogen-bond donors (Lipinski definition) is 2. The summed E-state index contributed by atoms with van der Waals surface area (Å²) in [5, 5.41) is 20.0. The maximum atomic E-state index is 13.9. The second-order valence-corrected chi connectivity index (χ2v) is 11.2. The lowest BCUT2D eigenvalue weighted by atomic mass is 9.85. The summed E-state index contributed by atoms with van der Waals surface area (Å²) in [6.07, 6.45) is 2.59. The van der Waals surface area contributed by atoms with Crippen molar-refractivity contribution in [3.63, 3.8) is 0 Å². The van der Waals surface area contributed by atoms with Crippen LogP contribution in [-0.4, -0.2) is 44.3 Å². The van der Waals surface area contributed by atoms with Gasteiger partial charge in [0.2, 0.25) is 0 Å². The normalized spacial score (nSPS) is 22.4. The van der Waals surface area contributed by atoms with Crippen LogP contribution in [0.15, 0.2) is 60.9 Å². The topological polar surface area (TPSA) is 100 Å². The molecule has 1 unspecified atom stereocenters. The van der Waals surface area contributed by atoms with Gasteiger partial charge in [0.25, 0.3) is 18.2 Å². The summed E-state index contributed by atoms with van der Waals surface area (Å²) < 4.78 is 28.5. The van der Waals surface area contributed by atoms with E-state index in [-0.39, 0.29) is 22.5 Å². The van der Waals surface area contributed by atoms with Crippen LogP contribution in [0.2, 0.25) is 5.02 Å². The van der Waals surface area contributed by atoms with Crippen LogP contribution in [-0.2, 0) is 17.4 Å². The van der Waals surface area contributed by atoms with Gasteiger partial charge in [-0.25, -0.2) is 8.78 Å². The number of pyridine rings is 1. The van der Waals surface area contributed by atoms with Crippen LogP contribution in [0.1, 0.15) is 59.3 Å².